The third-order valence-corrected chi connectivity index (χ3v) is 3.01. The first-order chi connectivity index (χ1) is 9.65. The van der Waals surface area contributed by atoms with Crippen LogP contribution in [0.4, 0.5) is 5.69 Å². The number of benzene rings is 1. The van der Waals surface area contributed by atoms with E-state index >= 15 is 0 Å². The highest BCUT2D eigenvalue weighted by molar-refractivity contribution is 9.10. The van der Waals surface area contributed by atoms with E-state index in [4.69, 9.17) is 5.11 Å². The van der Waals surface area contributed by atoms with Crippen molar-refractivity contribution in [1.82, 2.24) is 10.3 Å². The molecule has 0 bridgehead atoms. The molecule has 0 unspecified atom stereocenters. The van der Waals surface area contributed by atoms with Gasteiger partial charge in [-0.25, -0.2) is 0 Å². The molecule has 2 aromatic rings. The molecule has 104 valence electrons. The van der Waals surface area contributed by atoms with Gasteiger partial charge < -0.3 is 15.7 Å². The molecule has 0 atom stereocenters. The minimum absolute atomic E-state index is 0.144. The van der Waals surface area contributed by atoms with Crippen molar-refractivity contribution in [3.8, 4) is 5.75 Å². The Morgan fingerprint density at radius 3 is 2.65 bits per heavy atom. The summed E-state index contributed by atoms with van der Waals surface area (Å²) in [4.78, 5) is 15.8. The molecule has 0 saturated carbocycles. The number of carbonyl (C=O) groups excluding carboxylic acids is 1. The summed E-state index contributed by atoms with van der Waals surface area (Å²) in [6.45, 7) is 1.09. The van der Waals surface area contributed by atoms with Gasteiger partial charge in [-0.3, -0.25) is 9.78 Å². The minimum atomic E-state index is -0.167. The summed E-state index contributed by atoms with van der Waals surface area (Å²) in [5.41, 5.74) is 1.41. The number of anilines is 1. The molecule has 0 fully saturated rings. The van der Waals surface area contributed by atoms with Crippen LogP contribution in [0.3, 0.4) is 0 Å². The fourth-order valence-corrected chi connectivity index (χ4v) is 1.97. The number of phenolic OH excluding ortho intramolecular Hbond substituents is 1. The van der Waals surface area contributed by atoms with Crippen molar-refractivity contribution >= 4 is 27.5 Å². The minimum Gasteiger partial charge on any atom is -0.508 e. The molecule has 20 heavy (non-hydrogen) atoms. The largest absolute Gasteiger partial charge is 0.508 e. The van der Waals surface area contributed by atoms with Gasteiger partial charge in [0.1, 0.15) is 5.75 Å². The van der Waals surface area contributed by atoms with Crippen molar-refractivity contribution in [3.63, 3.8) is 0 Å². The molecule has 0 saturated heterocycles. The molecule has 1 amide bonds. The average Bonchev–Trinajstić information content (AvgIpc) is 2.44. The molecule has 0 aliphatic carbocycles. The number of halogens is 1. The van der Waals surface area contributed by atoms with E-state index in [1.165, 1.54) is 12.1 Å². The van der Waals surface area contributed by atoms with E-state index in [2.05, 4.69) is 31.5 Å². The van der Waals surface area contributed by atoms with E-state index in [9.17, 15) is 4.79 Å². The van der Waals surface area contributed by atoms with Crippen LogP contribution in [-0.4, -0.2) is 29.1 Å². The van der Waals surface area contributed by atoms with Crippen molar-refractivity contribution in [2.75, 3.05) is 18.4 Å². The summed E-state index contributed by atoms with van der Waals surface area (Å²) >= 11 is 3.34. The summed E-state index contributed by atoms with van der Waals surface area (Å²) < 4.78 is 0.899. The van der Waals surface area contributed by atoms with Crippen LogP contribution < -0.4 is 10.6 Å². The summed E-state index contributed by atoms with van der Waals surface area (Å²) in [6.07, 6.45) is 3.42. The third-order valence-electron chi connectivity index (χ3n) is 2.57. The van der Waals surface area contributed by atoms with Gasteiger partial charge in [0.05, 0.1) is 11.9 Å². The zero-order valence-electron chi connectivity index (χ0n) is 10.6. The SMILES string of the molecule is O=C(NCCNc1cncc(Br)c1)c1ccc(O)cc1. The van der Waals surface area contributed by atoms with Crippen molar-refractivity contribution in [3.05, 3.63) is 52.8 Å². The van der Waals surface area contributed by atoms with Gasteiger partial charge in [0.2, 0.25) is 0 Å². The molecular weight excluding hydrogens is 322 g/mol. The van der Waals surface area contributed by atoms with Crippen LogP contribution in [0.15, 0.2) is 47.2 Å². The topological polar surface area (TPSA) is 74.2 Å². The number of rotatable bonds is 5. The molecule has 1 aromatic carbocycles. The third kappa shape index (κ3) is 4.24. The second-order valence-electron chi connectivity index (χ2n) is 4.12. The quantitative estimate of drug-likeness (QED) is 0.733. The van der Waals surface area contributed by atoms with Crippen LogP contribution in [0.2, 0.25) is 0 Å². The highest BCUT2D eigenvalue weighted by atomic mass is 79.9. The van der Waals surface area contributed by atoms with Gasteiger partial charge in [0, 0.05) is 29.3 Å². The molecule has 0 aliphatic heterocycles. The number of aromatic hydroxyl groups is 1. The molecule has 0 aliphatic rings. The Balaban J connectivity index is 1.76. The number of hydrogen-bond acceptors (Lipinski definition) is 4. The van der Waals surface area contributed by atoms with E-state index in [-0.39, 0.29) is 11.7 Å². The Bertz CT molecular complexity index is 587. The first kappa shape index (κ1) is 14.3. The van der Waals surface area contributed by atoms with Crippen LogP contribution in [0.1, 0.15) is 10.4 Å². The van der Waals surface area contributed by atoms with Crippen molar-refractivity contribution < 1.29 is 9.90 Å². The smallest absolute Gasteiger partial charge is 0.251 e. The highest BCUT2D eigenvalue weighted by Crippen LogP contribution is 2.13. The first-order valence-electron chi connectivity index (χ1n) is 6.07. The lowest BCUT2D eigenvalue weighted by molar-refractivity contribution is 0.0955. The van der Waals surface area contributed by atoms with Gasteiger partial charge in [-0.1, -0.05) is 0 Å². The normalized spacial score (nSPS) is 10.1. The predicted octanol–water partition coefficient (Wildman–Crippen LogP) is 2.39. The Morgan fingerprint density at radius 1 is 1.20 bits per heavy atom. The van der Waals surface area contributed by atoms with E-state index < -0.39 is 0 Å². The lowest BCUT2D eigenvalue weighted by atomic mass is 10.2. The second-order valence-corrected chi connectivity index (χ2v) is 5.04. The molecule has 2 rings (SSSR count). The van der Waals surface area contributed by atoms with Crippen LogP contribution in [0.5, 0.6) is 5.75 Å². The van der Waals surface area contributed by atoms with Gasteiger partial charge in [0.15, 0.2) is 0 Å². The van der Waals surface area contributed by atoms with Gasteiger partial charge in [-0.05, 0) is 46.3 Å². The lowest BCUT2D eigenvalue weighted by Crippen LogP contribution is -2.28. The van der Waals surface area contributed by atoms with Crippen molar-refractivity contribution in [2.45, 2.75) is 0 Å². The van der Waals surface area contributed by atoms with E-state index in [0.717, 1.165) is 10.2 Å². The Morgan fingerprint density at radius 2 is 1.95 bits per heavy atom. The van der Waals surface area contributed by atoms with Gasteiger partial charge in [-0.15, -0.1) is 0 Å². The fraction of sp³-hybridized carbons (Fsp3) is 0.143. The standard InChI is InChI=1S/C14H14BrN3O2/c15-11-7-12(9-16-8-11)17-5-6-18-14(20)10-1-3-13(19)4-2-10/h1-4,7-9,17,19H,5-6H2,(H,18,20). The summed E-state index contributed by atoms with van der Waals surface area (Å²) in [5, 5.41) is 15.1. The maximum Gasteiger partial charge on any atom is 0.251 e. The zero-order valence-corrected chi connectivity index (χ0v) is 12.2. The molecule has 5 nitrogen and oxygen atoms in total. The van der Waals surface area contributed by atoms with E-state index in [1.54, 1.807) is 24.5 Å². The monoisotopic (exact) mass is 335 g/mol. The van der Waals surface area contributed by atoms with Crippen LogP contribution >= 0.6 is 15.9 Å². The van der Waals surface area contributed by atoms with E-state index in [1.807, 2.05) is 6.07 Å². The van der Waals surface area contributed by atoms with Gasteiger partial charge >= 0.3 is 0 Å². The number of phenols is 1. The Labute approximate surface area is 125 Å². The van der Waals surface area contributed by atoms with Crippen LogP contribution in [0.25, 0.3) is 0 Å². The molecule has 1 heterocycles. The van der Waals surface area contributed by atoms with Gasteiger partial charge in [-0.2, -0.15) is 0 Å². The second kappa shape index (κ2) is 6.91. The number of carbonyl (C=O) groups is 1. The maximum absolute atomic E-state index is 11.8. The van der Waals surface area contributed by atoms with Crippen molar-refractivity contribution in [1.29, 1.82) is 0 Å². The fourth-order valence-electron chi connectivity index (χ4n) is 1.61. The summed E-state index contributed by atoms with van der Waals surface area (Å²) in [7, 11) is 0. The average molecular weight is 336 g/mol. The Kier molecular flexibility index (Phi) is 4.95. The van der Waals surface area contributed by atoms with Crippen LogP contribution in [-0.2, 0) is 0 Å². The number of aromatic nitrogens is 1. The highest BCUT2D eigenvalue weighted by Gasteiger charge is 2.04. The molecule has 6 heteroatoms. The molecule has 3 N–H and O–H groups in total. The molecule has 0 radical (unpaired) electrons. The molecular formula is C14H14BrN3O2. The number of nitrogens with zero attached hydrogens (tertiary/aromatic N) is 1. The Hall–Kier alpha value is -2.08. The lowest BCUT2D eigenvalue weighted by Gasteiger charge is -2.08. The van der Waals surface area contributed by atoms with Crippen molar-refractivity contribution in [2.24, 2.45) is 0 Å². The number of nitrogens with one attached hydrogen (secondary N) is 2. The molecule has 1 aromatic heterocycles. The maximum atomic E-state index is 11.8. The summed E-state index contributed by atoms with van der Waals surface area (Å²) in [6, 6.07) is 8.04. The van der Waals surface area contributed by atoms with Crippen LogP contribution in [0, 0.1) is 0 Å². The number of amides is 1. The number of pyridine rings is 1. The van der Waals surface area contributed by atoms with E-state index in [0.29, 0.717) is 18.7 Å². The number of hydrogen-bond donors (Lipinski definition) is 3. The molecule has 0 spiro atoms. The van der Waals surface area contributed by atoms with Gasteiger partial charge in [0.25, 0.3) is 5.91 Å². The summed E-state index contributed by atoms with van der Waals surface area (Å²) in [5.74, 6) is -0.0236. The zero-order chi connectivity index (χ0) is 14.4. The first-order valence-corrected chi connectivity index (χ1v) is 6.86. The predicted molar refractivity (Wildman–Crippen MR) is 80.9 cm³/mol.